The van der Waals surface area contributed by atoms with Gasteiger partial charge in [-0.05, 0) is 24.3 Å². The fourth-order valence-corrected chi connectivity index (χ4v) is 1.15. The van der Waals surface area contributed by atoms with Gasteiger partial charge >= 0.3 is 0 Å². The van der Waals surface area contributed by atoms with Crippen molar-refractivity contribution in [2.24, 2.45) is 0 Å². The van der Waals surface area contributed by atoms with Crippen molar-refractivity contribution >= 4 is 29.7 Å². The molecule has 0 saturated heterocycles. The average Bonchev–Trinajstić information content (AvgIpc) is 2.09. The van der Waals surface area contributed by atoms with Crippen LogP contribution in [0.1, 0.15) is 5.56 Å². The third-order valence-corrected chi connectivity index (χ3v) is 1.71. The average molecular weight is 198 g/mol. The molecule has 0 amide bonds. The van der Waals surface area contributed by atoms with Crippen molar-refractivity contribution in [1.29, 1.82) is 0 Å². The number of phenols is 1. The van der Waals surface area contributed by atoms with E-state index in [-0.39, 0.29) is 11.4 Å². The predicted octanol–water partition coefficient (Wildman–Crippen LogP) is 1.84. The fraction of sp³-hybridized carbons (Fsp3) is 0. The quantitative estimate of drug-likeness (QED) is 0.329. The molecule has 0 aliphatic carbocycles. The molecule has 0 aliphatic rings. The molecule has 68 valence electrons. The number of halogens is 1. The van der Waals surface area contributed by atoms with E-state index in [1.165, 1.54) is 24.3 Å². The third-order valence-electron chi connectivity index (χ3n) is 1.49. The van der Waals surface area contributed by atoms with E-state index >= 15 is 0 Å². The van der Waals surface area contributed by atoms with Gasteiger partial charge < -0.3 is 10.8 Å². The van der Waals surface area contributed by atoms with E-state index in [0.29, 0.717) is 16.9 Å². The Bertz CT molecular complexity index is 361. The molecule has 0 atom stereocenters. The van der Waals surface area contributed by atoms with Crippen LogP contribution in [0.15, 0.2) is 18.2 Å². The van der Waals surface area contributed by atoms with Crippen LogP contribution in [0.4, 0.5) is 5.69 Å². The lowest BCUT2D eigenvalue weighted by Gasteiger charge is -2.03. The number of nitrogen functional groups attached to an aromatic ring is 1. The third kappa shape index (κ3) is 2.23. The summed E-state index contributed by atoms with van der Waals surface area (Å²) in [5.74, 6) is -0.0671. The molecule has 1 rings (SSSR count). The first kappa shape index (κ1) is 9.61. The topological polar surface area (TPSA) is 63.3 Å². The molecule has 0 spiro atoms. The van der Waals surface area contributed by atoms with Crippen LogP contribution < -0.4 is 5.73 Å². The fourth-order valence-electron chi connectivity index (χ4n) is 0.912. The number of aromatic hydroxyl groups is 1. The molecular formula is C9H8ClNO2. The van der Waals surface area contributed by atoms with Gasteiger partial charge in [0, 0.05) is 10.6 Å². The van der Waals surface area contributed by atoms with Gasteiger partial charge in [-0.1, -0.05) is 11.6 Å². The van der Waals surface area contributed by atoms with Gasteiger partial charge in [0.2, 0.25) is 0 Å². The Balaban J connectivity index is 3.19. The number of hydrogen-bond donors (Lipinski definition) is 2. The lowest BCUT2D eigenvalue weighted by Crippen LogP contribution is -1.87. The molecule has 0 radical (unpaired) electrons. The summed E-state index contributed by atoms with van der Waals surface area (Å²) in [6.07, 6.45) is 3.30. The van der Waals surface area contributed by atoms with Crippen molar-refractivity contribution < 1.29 is 9.90 Å². The zero-order valence-corrected chi connectivity index (χ0v) is 7.45. The molecule has 3 N–H and O–H groups in total. The minimum atomic E-state index is -0.0671. The van der Waals surface area contributed by atoms with Gasteiger partial charge in [0.25, 0.3) is 0 Å². The van der Waals surface area contributed by atoms with E-state index in [1.54, 1.807) is 0 Å². The number of anilines is 1. The Morgan fingerprint density at radius 3 is 2.77 bits per heavy atom. The van der Waals surface area contributed by atoms with Gasteiger partial charge in [0.1, 0.15) is 12.0 Å². The molecule has 4 heteroatoms. The Morgan fingerprint density at radius 2 is 2.15 bits per heavy atom. The summed E-state index contributed by atoms with van der Waals surface area (Å²) in [5, 5.41) is 9.82. The summed E-state index contributed by atoms with van der Waals surface area (Å²) in [5.41, 5.74) is 6.06. The summed E-state index contributed by atoms with van der Waals surface area (Å²) in [6.45, 7) is 0. The summed E-state index contributed by atoms with van der Waals surface area (Å²) in [4.78, 5) is 10.0. The van der Waals surface area contributed by atoms with Crippen LogP contribution in [0, 0.1) is 0 Å². The van der Waals surface area contributed by atoms with E-state index in [1.807, 2.05) is 0 Å². The van der Waals surface area contributed by atoms with Gasteiger partial charge in [0.15, 0.2) is 0 Å². The minimum absolute atomic E-state index is 0.0671. The number of rotatable bonds is 2. The first-order valence-corrected chi connectivity index (χ1v) is 3.92. The molecule has 0 saturated carbocycles. The van der Waals surface area contributed by atoms with Crippen LogP contribution in [-0.4, -0.2) is 11.4 Å². The summed E-state index contributed by atoms with van der Waals surface area (Å²) >= 11 is 5.69. The maximum atomic E-state index is 10.0. The Hall–Kier alpha value is -1.48. The lowest BCUT2D eigenvalue weighted by molar-refractivity contribution is -0.104. The second-order valence-corrected chi connectivity index (χ2v) is 2.86. The molecule has 3 nitrogen and oxygen atoms in total. The van der Waals surface area contributed by atoms with Crippen LogP contribution >= 0.6 is 11.6 Å². The number of phenolic OH excluding ortho intramolecular Hbond substituents is 1. The number of carbonyl (C=O) groups is 1. The second kappa shape index (κ2) is 3.96. The first-order chi connectivity index (χ1) is 6.15. The largest absolute Gasteiger partial charge is 0.505 e. The normalized spacial score (nSPS) is 10.5. The van der Waals surface area contributed by atoms with Crippen LogP contribution in [0.25, 0.3) is 6.08 Å². The highest BCUT2D eigenvalue weighted by atomic mass is 35.5. The van der Waals surface area contributed by atoms with Crippen molar-refractivity contribution in [3.8, 4) is 5.75 Å². The van der Waals surface area contributed by atoms with Gasteiger partial charge in [0.05, 0.1) is 5.69 Å². The van der Waals surface area contributed by atoms with E-state index in [0.717, 1.165) is 0 Å². The lowest BCUT2D eigenvalue weighted by atomic mass is 10.1. The smallest absolute Gasteiger partial charge is 0.145 e. The van der Waals surface area contributed by atoms with Gasteiger partial charge in [-0.2, -0.15) is 0 Å². The Labute approximate surface area is 80.4 Å². The zero-order valence-electron chi connectivity index (χ0n) is 6.70. The summed E-state index contributed by atoms with van der Waals surface area (Å²) < 4.78 is 0. The molecule has 13 heavy (non-hydrogen) atoms. The molecule has 1 aromatic rings. The number of allylic oxidation sites excluding steroid dienone is 1. The zero-order chi connectivity index (χ0) is 9.84. The highest BCUT2D eigenvalue weighted by Gasteiger charge is 2.03. The van der Waals surface area contributed by atoms with Crippen LogP contribution in [-0.2, 0) is 4.79 Å². The van der Waals surface area contributed by atoms with Gasteiger partial charge in [-0.25, -0.2) is 0 Å². The van der Waals surface area contributed by atoms with Crippen LogP contribution in [0.5, 0.6) is 5.75 Å². The number of hydrogen-bond acceptors (Lipinski definition) is 3. The van der Waals surface area contributed by atoms with E-state index in [2.05, 4.69) is 0 Å². The minimum Gasteiger partial charge on any atom is -0.505 e. The SMILES string of the molecule is Nc1cc(Cl)cc(C=CC=O)c1O. The number of aldehydes is 1. The van der Waals surface area contributed by atoms with Gasteiger partial charge in [-0.3, -0.25) is 4.79 Å². The second-order valence-electron chi connectivity index (χ2n) is 2.43. The summed E-state index contributed by atoms with van der Waals surface area (Å²) in [7, 11) is 0. The first-order valence-electron chi connectivity index (χ1n) is 3.55. The molecule has 0 fully saturated rings. The molecule has 0 unspecified atom stereocenters. The van der Waals surface area contributed by atoms with Crippen LogP contribution in [0.2, 0.25) is 5.02 Å². The molecule has 0 heterocycles. The van der Waals surface area contributed by atoms with E-state index in [9.17, 15) is 9.90 Å². The Kier molecular flexibility index (Phi) is 2.93. The molecular weight excluding hydrogens is 190 g/mol. The van der Waals surface area contributed by atoms with Crippen molar-refractivity contribution in [2.45, 2.75) is 0 Å². The number of benzene rings is 1. The molecule has 0 bridgehead atoms. The van der Waals surface area contributed by atoms with E-state index < -0.39 is 0 Å². The standard InChI is InChI=1S/C9H8ClNO2/c10-7-4-6(2-1-3-12)9(13)8(11)5-7/h1-5,13H,11H2. The number of carbonyl (C=O) groups excluding carboxylic acids is 1. The maximum Gasteiger partial charge on any atom is 0.145 e. The summed E-state index contributed by atoms with van der Waals surface area (Å²) in [6, 6.07) is 2.96. The Morgan fingerprint density at radius 1 is 1.46 bits per heavy atom. The molecule has 1 aromatic carbocycles. The van der Waals surface area contributed by atoms with E-state index in [4.69, 9.17) is 17.3 Å². The molecule has 0 aliphatic heterocycles. The van der Waals surface area contributed by atoms with Crippen molar-refractivity contribution in [1.82, 2.24) is 0 Å². The van der Waals surface area contributed by atoms with Gasteiger partial charge in [-0.15, -0.1) is 0 Å². The molecule has 0 aromatic heterocycles. The maximum absolute atomic E-state index is 10.0. The highest BCUT2D eigenvalue weighted by Crippen LogP contribution is 2.29. The monoisotopic (exact) mass is 197 g/mol. The number of nitrogens with two attached hydrogens (primary N) is 1. The predicted molar refractivity (Wildman–Crippen MR) is 52.6 cm³/mol. The van der Waals surface area contributed by atoms with Crippen molar-refractivity contribution in [3.05, 3.63) is 28.8 Å². The highest BCUT2D eigenvalue weighted by molar-refractivity contribution is 6.31. The van der Waals surface area contributed by atoms with Crippen molar-refractivity contribution in [2.75, 3.05) is 5.73 Å². The van der Waals surface area contributed by atoms with Crippen molar-refractivity contribution in [3.63, 3.8) is 0 Å². The van der Waals surface area contributed by atoms with Crippen LogP contribution in [0.3, 0.4) is 0 Å².